The number of nitrogens with one attached hydrogen (secondary N) is 1. The van der Waals surface area contributed by atoms with E-state index >= 15 is 4.39 Å². The normalized spacial score (nSPS) is 29.0. The molecule has 8 nitrogen and oxygen atoms in total. The zero-order chi connectivity index (χ0) is 27.9. The van der Waals surface area contributed by atoms with Crippen molar-refractivity contribution >= 4 is 22.5 Å². The second-order valence-electron chi connectivity index (χ2n) is 12.5. The number of carbonyl (C=O) groups is 1. The molecule has 1 aromatic heterocycles. The van der Waals surface area contributed by atoms with Crippen molar-refractivity contribution in [2.24, 2.45) is 0 Å². The van der Waals surface area contributed by atoms with Gasteiger partial charge in [-0.25, -0.2) is 8.78 Å². The van der Waals surface area contributed by atoms with Gasteiger partial charge in [-0.3, -0.25) is 9.69 Å². The van der Waals surface area contributed by atoms with Crippen LogP contribution >= 0.6 is 0 Å². The number of aromatic hydroxyl groups is 1. The SMILES string of the molecule is O=C1CCc2cc(O)cc(-c3ccc4c(N5C[C@H]6CC[C@@H](C5)N6)nc(OC[C@@]56CCCN5C[C@H](F)C6)nc4c3F)c21. The number of hydrogen-bond acceptors (Lipinski definition) is 8. The van der Waals surface area contributed by atoms with Crippen LogP contribution in [0.2, 0.25) is 0 Å². The molecule has 5 heterocycles. The van der Waals surface area contributed by atoms with Gasteiger partial charge in [0, 0.05) is 61.1 Å². The van der Waals surface area contributed by atoms with E-state index in [-0.39, 0.29) is 40.8 Å². The number of piperazine rings is 1. The third kappa shape index (κ3) is 4.09. The summed E-state index contributed by atoms with van der Waals surface area (Å²) in [5.74, 6) is -0.00498. The van der Waals surface area contributed by atoms with Gasteiger partial charge >= 0.3 is 6.01 Å². The number of hydrogen-bond donors (Lipinski definition) is 2. The number of ether oxygens (including phenoxy) is 1. The lowest BCUT2D eigenvalue weighted by Crippen LogP contribution is -2.51. The van der Waals surface area contributed by atoms with Crippen molar-refractivity contribution in [3.05, 3.63) is 41.2 Å². The van der Waals surface area contributed by atoms with Gasteiger partial charge < -0.3 is 20.1 Å². The van der Waals surface area contributed by atoms with E-state index in [1.54, 1.807) is 12.1 Å². The Morgan fingerprint density at radius 3 is 2.76 bits per heavy atom. The summed E-state index contributed by atoms with van der Waals surface area (Å²) in [6.07, 6.45) is 4.43. The van der Waals surface area contributed by atoms with Gasteiger partial charge in [-0.2, -0.15) is 9.97 Å². The number of phenolic OH excluding ortho intramolecular Hbond substituents is 1. The molecule has 2 bridgehead atoms. The number of fused-ring (bicyclic) bond motifs is 5. The first-order valence-electron chi connectivity index (χ1n) is 14.8. The summed E-state index contributed by atoms with van der Waals surface area (Å²) < 4.78 is 37.2. The minimum absolute atomic E-state index is 0.000238. The molecule has 8 rings (SSSR count). The number of benzene rings is 2. The lowest BCUT2D eigenvalue weighted by Gasteiger charge is -2.34. The molecule has 1 aliphatic carbocycles. The average Bonchev–Trinajstić information content (AvgIpc) is 3.69. The largest absolute Gasteiger partial charge is 0.508 e. The van der Waals surface area contributed by atoms with Crippen LogP contribution in [0.5, 0.6) is 11.8 Å². The van der Waals surface area contributed by atoms with E-state index in [1.807, 2.05) is 6.07 Å². The van der Waals surface area contributed by atoms with Crippen LogP contribution in [0.1, 0.15) is 54.4 Å². The van der Waals surface area contributed by atoms with Gasteiger partial charge in [0.1, 0.15) is 29.9 Å². The highest BCUT2D eigenvalue weighted by atomic mass is 19.1. The zero-order valence-electron chi connectivity index (χ0n) is 22.8. The molecular weight excluding hydrogens is 528 g/mol. The molecule has 0 unspecified atom stereocenters. The Morgan fingerprint density at radius 1 is 1.10 bits per heavy atom. The van der Waals surface area contributed by atoms with Crippen molar-refractivity contribution in [1.29, 1.82) is 0 Å². The molecule has 2 N–H and O–H groups in total. The fourth-order valence-corrected chi connectivity index (χ4v) is 8.05. The Balaban J connectivity index is 1.24. The molecule has 3 aromatic rings. The van der Waals surface area contributed by atoms with Crippen LogP contribution in [-0.2, 0) is 6.42 Å². The number of nitrogens with zero attached hydrogens (tertiary/aromatic N) is 4. The number of Topliss-reactive ketones (excluding diaryl/α,β-unsaturated/α-hetero) is 1. The smallest absolute Gasteiger partial charge is 0.319 e. The zero-order valence-corrected chi connectivity index (χ0v) is 22.8. The number of alkyl halides is 1. The van der Waals surface area contributed by atoms with Crippen LogP contribution in [0.4, 0.5) is 14.6 Å². The molecule has 10 heteroatoms. The molecule has 2 aromatic carbocycles. The predicted octanol–water partition coefficient (Wildman–Crippen LogP) is 4.17. The van der Waals surface area contributed by atoms with E-state index in [0.717, 1.165) is 50.9 Å². The van der Waals surface area contributed by atoms with Gasteiger partial charge in [-0.05, 0) is 68.0 Å². The first-order chi connectivity index (χ1) is 19.9. The summed E-state index contributed by atoms with van der Waals surface area (Å²) in [4.78, 5) is 26.5. The van der Waals surface area contributed by atoms with Crippen LogP contribution in [0.25, 0.3) is 22.0 Å². The monoisotopic (exact) mass is 561 g/mol. The number of anilines is 1. The number of ketones is 1. The molecule has 4 fully saturated rings. The fourth-order valence-electron chi connectivity index (χ4n) is 8.05. The van der Waals surface area contributed by atoms with Crippen molar-refractivity contribution in [3.8, 4) is 22.9 Å². The molecule has 5 aliphatic rings. The standard InChI is InChI=1S/C31H33F2N5O3/c32-18-12-31(8-1-9-38(31)13-18)16-41-30-35-28-23(29(36-30)37-14-19-3-4-20(15-37)34-19)6-5-22(27(28)33)24-11-21(39)10-17-2-7-25(40)26(17)24/h5-6,10-11,18-20,34,39H,1-4,7-9,12-16H2/t18-,19-,20+,31+/m1/s1. The first-order valence-corrected chi connectivity index (χ1v) is 14.8. The molecule has 4 atom stereocenters. The Morgan fingerprint density at radius 2 is 1.93 bits per heavy atom. The minimum atomic E-state index is -0.880. The predicted molar refractivity (Wildman–Crippen MR) is 150 cm³/mol. The van der Waals surface area contributed by atoms with E-state index in [2.05, 4.69) is 20.1 Å². The molecule has 0 spiro atoms. The molecule has 0 radical (unpaired) electrons. The number of halogens is 2. The third-order valence-electron chi connectivity index (χ3n) is 9.91. The van der Waals surface area contributed by atoms with Crippen molar-refractivity contribution in [3.63, 3.8) is 0 Å². The summed E-state index contributed by atoms with van der Waals surface area (Å²) in [7, 11) is 0. The lowest BCUT2D eigenvalue weighted by atomic mass is 9.94. The molecule has 214 valence electrons. The Kier molecular flexibility index (Phi) is 5.76. The molecule has 0 amide bonds. The quantitative estimate of drug-likeness (QED) is 0.480. The van der Waals surface area contributed by atoms with Crippen LogP contribution in [-0.4, -0.2) is 82.3 Å². The maximum atomic E-state index is 16.6. The third-order valence-corrected chi connectivity index (χ3v) is 9.91. The van der Waals surface area contributed by atoms with Crippen LogP contribution in [0, 0.1) is 5.82 Å². The number of carbonyl (C=O) groups excluding carboxylic acids is 1. The highest BCUT2D eigenvalue weighted by molar-refractivity contribution is 6.07. The van der Waals surface area contributed by atoms with Crippen LogP contribution < -0.4 is 15.0 Å². The highest BCUT2D eigenvalue weighted by Gasteiger charge is 2.49. The van der Waals surface area contributed by atoms with E-state index in [0.29, 0.717) is 60.2 Å². The van der Waals surface area contributed by atoms with Gasteiger partial charge in [0.2, 0.25) is 0 Å². The van der Waals surface area contributed by atoms with Gasteiger partial charge in [-0.15, -0.1) is 0 Å². The number of aryl methyl sites for hydroxylation is 1. The Labute approximate surface area is 236 Å². The fraction of sp³-hybridized carbons (Fsp3) is 0.516. The van der Waals surface area contributed by atoms with Crippen molar-refractivity contribution < 1.29 is 23.4 Å². The molecular formula is C31H33F2N5O3. The topological polar surface area (TPSA) is 90.8 Å². The van der Waals surface area contributed by atoms with Gasteiger partial charge in [0.25, 0.3) is 0 Å². The van der Waals surface area contributed by atoms with E-state index in [9.17, 15) is 14.3 Å². The lowest BCUT2D eigenvalue weighted by molar-refractivity contribution is 0.0995. The van der Waals surface area contributed by atoms with Gasteiger partial charge in [0.05, 0.1) is 5.54 Å². The number of phenols is 1. The maximum Gasteiger partial charge on any atom is 0.319 e. The number of rotatable bonds is 5. The van der Waals surface area contributed by atoms with Crippen LogP contribution in [0.15, 0.2) is 24.3 Å². The second-order valence-corrected chi connectivity index (χ2v) is 12.5. The average molecular weight is 562 g/mol. The van der Waals surface area contributed by atoms with Gasteiger partial charge in [0.15, 0.2) is 11.6 Å². The van der Waals surface area contributed by atoms with Crippen molar-refractivity contribution in [1.82, 2.24) is 20.2 Å². The molecule has 0 saturated carbocycles. The Hall–Kier alpha value is -3.37. The Bertz CT molecular complexity index is 1570. The summed E-state index contributed by atoms with van der Waals surface area (Å²) in [5.41, 5.74) is 1.53. The summed E-state index contributed by atoms with van der Waals surface area (Å²) in [5, 5.41) is 14.6. The van der Waals surface area contributed by atoms with Gasteiger partial charge in [-0.1, -0.05) is 6.07 Å². The summed E-state index contributed by atoms with van der Waals surface area (Å²) in [6.45, 7) is 3.02. The summed E-state index contributed by atoms with van der Waals surface area (Å²) >= 11 is 0. The van der Waals surface area contributed by atoms with Crippen LogP contribution in [0.3, 0.4) is 0 Å². The van der Waals surface area contributed by atoms with Crippen molar-refractivity contribution in [2.75, 3.05) is 37.7 Å². The van der Waals surface area contributed by atoms with E-state index < -0.39 is 12.0 Å². The first kappa shape index (κ1) is 25.3. The van der Waals surface area contributed by atoms with Crippen molar-refractivity contribution in [2.45, 2.75) is 68.7 Å². The highest BCUT2D eigenvalue weighted by Crippen LogP contribution is 2.42. The molecule has 4 saturated heterocycles. The van der Waals surface area contributed by atoms with E-state index in [4.69, 9.17) is 9.72 Å². The summed E-state index contributed by atoms with van der Waals surface area (Å²) in [6, 6.07) is 7.30. The maximum absolute atomic E-state index is 16.6. The van der Waals surface area contributed by atoms with E-state index in [1.165, 1.54) is 6.07 Å². The number of aromatic nitrogens is 2. The molecule has 41 heavy (non-hydrogen) atoms. The second kappa shape index (κ2) is 9.32. The molecule has 4 aliphatic heterocycles. The minimum Gasteiger partial charge on any atom is -0.508 e.